The average Bonchev–Trinajstić information content (AvgIpc) is 2.79. The molecule has 2 saturated heterocycles. The first-order chi connectivity index (χ1) is 14.6. The van der Waals surface area contributed by atoms with Crippen LogP contribution in [0.1, 0.15) is 0 Å². The molecule has 1 aromatic rings. The second-order valence-corrected chi connectivity index (χ2v) is 7.56. The highest BCUT2D eigenvalue weighted by atomic mass is 32.2. The van der Waals surface area contributed by atoms with Gasteiger partial charge in [-0.2, -0.15) is 4.98 Å². The number of nitrogens with zero attached hydrogens (tertiary/aromatic N) is 6. The van der Waals surface area contributed by atoms with Crippen molar-refractivity contribution >= 4 is 40.4 Å². The molecular formula is C19H27N7O3S. The van der Waals surface area contributed by atoms with Gasteiger partial charge in [0.2, 0.25) is 11.9 Å². The minimum Gasteiger partial charge on any atom is -0.378 e. The number of amides is 2. The Balaban J connectivity index is 1.56. The van der Waals surface area contributed by atoms with Crippen molar-refractivity contribution in [2.24, 2.45) is 4.99 Å². The summed E-state index contributed by atoms with van der Waals surface area (Å²) in [5.41, 5.74) is 0. The van der Waals surface area contributed by atoms with Crippen LogP contribution in [0, 0.1) is 0 Å². The van der Waals surface area contributed by atoms with Gasteiger partial charge in [-0.1, -0.05) is 6.58 Å². The number of piperazine rings is 1. The fourth-order valence-corrected chi connectivity index (χ4v) is 3.64. The van der Waals surface area contributed by atoms with Crippen molar-refractivity contribution in [1.82, 2.24) is 25.1 Å². The molecule has 1 aromatic heterocycles. The topological polar surface area (TPSA) is 103 Å². The Morgan fingerprint density at radius 1 is 1.27 bits per heavy atom. The zero-order chi connectivity index (χ0) is 21.3. The van der Waals surface area contributed by atoms with E-state index in [-0.39, 0.29) is 11.8 Å². The molecule has 2 amide bonds. The third-order valence-electron chi connectivity index (χ3n) is 4.84. The third kappa shape index (κ3) is 6.00. The van der Waals surface area contributed by atoms with Crippen LogP contribution >= 0.6 is 11.8 Å². The van der Waals surface area contributed by atoms with Crippen LogP contribution in [0.25, 0.3) is 0 Å². The van der Waals surface area contributed by atoms with Crippen LogP contribution in [0.2, 0.25) is 0 Å². The fourth-order valence-electron chi connectivity index (χ4n) is 3.21. The van der Waals surface area contributed by atoms with Crippen LogP contribution in [-0.4, -0.2) is 102 Å². The van der Waals surface area contributed by atoms with Gasteiger partial charge < -0.3 is 19.9 Å². The molecule has 3 rings (SSSR count). The van der Waals surface area contributed by atoms with Crippen molar-refractivity contribution in [2.45, 2.75) is 0 Å². The number of carbonyl (C=O) groups excluding carboxylic acids is 2. The molecule has 0 unspecified atom stereocenters. The van der Waals surface area contributed by atoms with Crippen LogP contribution in [-0.2, 0) is 14.3 Å². The molecule has 2 aliphatic rings. The van der Waals surface area contributed by atoms with E-state index in [1.165, 1.54) is 18.0 Å². The summed E-state index contributed by atoms with van der Waals surface area (Å²) in [7, 11) is 0. The van der Waals surface area contributed by atoms with E-state index in [1.807, 2.05) is 4.90 Å². The van der Waals surface area contributed by atoms with E-state index in [0.717, 1.165) is 26.2 Å². The Hall–Kier alpha value is -2.50. The molecule has 11 heteroatoms. The highest BCUT2D eigenvalue weighted by Gasteiger charge is 2.24. The molecule has 2 fully saturated rings. The van der Waals surface area contributed by atoms with Crippen molar-refractivity contribution < 1.29 is 14.3 Å². The number of carbonyl (C=O) groups is 2. The van der Waals surface area contributed by atoms with E-state index in [4.69, 9.17) is 4.74 Å². The molecule has 0 atom stereocenters. The Bertz CT molecular complexity index is 790. The predicted octanol–water partition coefficient (Wildman–Crippen LogP) is 0.110. The van der Waals surface area contributed by atoms with Gasteiger partial charge in [0.05, 0.1) is 19.8 Å². The molecule has 30 heavy (non-hydrogen) atoms. The lowest BCUT2D eigenvalue weighted by molar-refractivity contribution is -0.136. The molecule has 3 heterocycles. The summed E-state index contributed by atoms with van der Waals surface area (Å²) >= 11 is 1.24. The van der Waals surface area contributed by atoms with Crippen molar-refractivity contribution in [3.63, 3.8) is 0 Å². The van der Waals surface area contributed by atoms with Gasteiger partial charge in [-0.3, -0.25) is 14.5 Å². The van der Waals surface area contributed by atoms with Gasteiger partial charge in [0.1, 0.15) is 0 Å². The van der Waals surface area contributed by atoms with Crippen LogP contribution in [0.3, 0.4) is 0 Å². The highest BCUT2D eigenvalue weighted by Crippen LogP contribution is 2.17. The monoisotopic (exact) mass is 433 g/mol. The smallest absolute Gasteiger partial charge is 0.280 e. The summed E-state index contributed by atoms with van der Waals surface area (Å²) in [5, 5.41) is 2.81. The van der Waals surface area contributed by atoms with Gasteiger partial charge in [-0.15, -0.1) is 11.8 Å². The maximum Gasteiger partial charge on any atom is 0.280 e. The molecule has 0 spiro atoms. The van der Waals surface area contributed by atoms with Crippen LogP contribution in [0.5, 0.6) is 0 Å². The summed E-state index contributed by atoms with van der Waals surface area (Å²) in [5.74, 6) is 0.825. The first-order valence-corrected chi connectivity index (χ1v) is 11.0. The van der Waals surface area contributed by atoms with Crippen molar-refractivity contribution in [3.8, 4) is 0 Å². The minimum absolute atomic E-state index is 0.154. The molecule has 2 aliphatic heterocycles. The van der Waals surface area contributed by atoms with Gasteiger partial charge >= 0.3 is 0 Å². The first kappa shape index (κ1) is 22.2. The molecule has 1 N–H and O–H groups in total. The lowest BCUT2D eigenvalue weighted by atomic mass is 10.3. The summed E-state index contributed by atoms with van der Waals surface area (Å²) in [4.78, 5) is 43.7. The number of nitrogens with one attached hydrogen (secondary N) is 1. The highest BCUT2D eigenvalue weighted by molar-refractivity contribution is 8.15. The standard InChI is InChI=1S/C19H27N7O3S/c1-3-20-17(28)18(30-2)22-15-4-5-21-19(23-15)26-8-6-24(7-9-26)14-16(27)25-10-12-29-13-11-25/h3-5H,1,6-14H2,2H3,(H,20,28). The number of aromatic nitrogens is 2. The zero-order valence-corrected chi connectivity index (χ0v) is 17.9. The Morgan fingerprint density at radius 2 is 2.00 bits per heavy atom. The van der Waals surface area contributed by atoms with E-state index >= 15 is 0 Å². The average molecular weight is 434 g/mol. The quantitative estimate of drug-likeness (QED) is 0.516. The number of anilines is 1. The Morgan fingerprint density at radius 3 is 2.67 bits per heavy atom. The molecule has 0 bridgehead atoms. The summed E-state index contributed by atoms with van der Waals surface area (Å²) in [6.07, 6.45) is 4.74. The molecule has 0 aromatic carbocycles. The maximum absolute atomic E-state index is 12.4. The normalized spacial score (nSPS) is 18.2. The van der Waals surface area contributed by atoms with Gasteiger partial charge in [0.25, 0.3) is 5.91 Å². The zero-order valence-electron chi connectivity index (χ0n) is 17.1. The summed E-state index contributed by atoms with van der Waals surface area (Å²) < 4.78 is 5.30. The number of thioether (sulfide) groups is 1. The van der Waals surface area contributed by atoms with Crippen molar-refractivity contribution in [1.29, 1.82) is 0 Å². The fraction of sp³-hybridized carbons (Fsp3) is 0.526. The number of aliphatic imine (C=N–C) groups is 1. The minimum atomic E-state index is -0.323. The largest absolute Gasteiger partial charge is 0.378 e. The number of morpholine rings is 1. The van der Waals surface area contributed by atoms with Crippen LogP contribution in [0.15, 0.2) is 30.0 Å². The van der Waals surface area contributed by atoms with E-state index < -0.39 is 0 Å². The van der Waals surface area contributed by atoms with Crippen molar-refractivity contribution in [3.05, 3.63) is 25.0 Å². The predicted molar refractivity (Wildman–Crippen MR) is 117 cm³/mol. The first-order valence-electron chi connectivity index (χ1n) is 9.81. The van der Waals surface area contributed by atoms with Gasteiger partial charge in [0.15, 0.2) is 10.9 Å². The van der Waals surface area contributed by atoms with Crippen molar-refractivity contribution in [2.75, 3.05) is 70.2 Å². The van der Waals surface area contributed by atoms with E-state index in [0.29, 0.717) is 49.7 Å². The second kappa shape index (κ2) is 11.0. The third-order valence-corrected chi connectivity index (χ3v) is 5.51. The number of ether oxygens (including phenoxy) is 1. The lowest BCUT2D eigenvalue weighted by Gasteiger charge is -2.36. The van der Waals surface area contributed by atoms with Crippen LogP contribution in [0.4, 0.5) is 11.8 Å². The summed E-state index contributed by atoms with van der Waals surface area (Å²) in [6, 6.07) is 1.66. The molecule has 0 aliphatic carbocycles. The molecular weight excluding hydrogens is 406 g/mol. The molecule has 10 nitrogen and oxygen atoms in total. The summed E-state index contributed by atoms with van der Waals surface area (Å²) in [6.45, 7) is 9.43. The van der Waals surface area contributed by atoms with Crippen LogP contribution < -0.4 is 10.2 Å². The van der Waals surface area contributed by atoms with Gasteiger partial charge in [-0.25, -0.2) is 9.98 Å². The van der Waals surface area contributed by atoms with E-state index in [1.54, 1.807) is 18.5 Å². The Labute approximate surface area is 180 Å². The number of rotatable bonds is 5. The van der Waals surface area contributed by atoms with Gasteiger partial charge in [-0.05, 0) is 12.5 Å². The Kier molecular flexibility index (Phi) is 8.17. The number of hydrogen-bond acceptors (Lipinski definition) is 9. The van der Waals surface area contributed by atoms with Gasteiger partial charge in [0, 0.05) is 51.5 Å². The SMILES string of the molecule is C=CNC(=O)C(=Nc1ccnc(N2CCN(CC(=O)N3CCOCC3)CC2)n1)SC. The van der Waals surface area contributed by atoms with E-state index in [9.17, 15) is 9.59 Å². The molecule has 0 radical (unpaired) electrons. The lowest BCUT2D eigenvalue weighted by Crippen LogP contribution is -2.51. The molecule has 162 valence electrons. The van der Waals surface area contributed by atoms with E-state index in [2.05, 4.69) is 36.7 Å². The maximum atomic E-state index is 12.4. The second-order valence-electron chi connectivity index (χ2n) is 6.77. The molecule has 0 saturated carbocycles. The number of hydrogen-bond donors (Lipinski definition) is 1.